The van der Waals surface area contributed by atoms with Crippen molar-refractivity contribution in [3.05, 3.63) is 63.5 Å². The van der Waals surface area contributed by atoms with Gasteiger partial charge in [-0.25, -0.2) is 0 Å². The smallest absolute Gasteiger partial charge is 0.0642 e. The third kappa shape index (κ3) is 2.71. The highest BCUT2D eigenvalue weighted by molar-refractivity contribution is 7.19. The predicted octanol–water partition coefficient (Wildman–Crippen LogP) is 5.82. The number of hydrogen-bond acceptors (Lipinski definition) is 2. The Hall–Kier alpha value is -1.22. The van der Waals surface area contributed by atoms with Crippen molar-refractivity contribution in [2.45, 2.75) is 6.54 Å². The molecule has 0 aliphatic rings. The number of nitrogens with one attached hydrogen (secondary N) is 1. The van der Waals surface area contributed by atoms with Gasteiger partial charge in [0.25, 0.3) is 0 Å². The van der Waals surface area contributed by atoms with Crippen molar-refractivity contribution >= 4 is 50.3 Å². The molecule has 0 radical (unpaired) electrons. The first-order valence-corrected chi connectivity index (χ1v) is 7.46. The van der Waals surface area contributed by atoms with E-state index in [1.54, 1.807) is 11.3 Å². The van der Waals surface area contributed by atoms with Crippen LogP contribution in [0.15, 0.2) is 48.5 Å². The molecule has 0 amide bonds. The number of thiophene rings is 1. The summed E-state index contributed by atoms with van der Waals surface area (Å²) in [4.78, 5) is 1.14. The van der Waals surface area contributed by atoms with E-state index >= 15 is 0 Å². The van der Waals surface area contributed by atoms with E-state index in [4.69, 9.17) is 23.2 Å². The van der Waals surface area contributed by atoms with Crippen molar-refractivity contribution < 1.29 is 0 Å². The highest BCUT2D eigenvalue weighted by Crippen LogP contribution is 2.35. The van der Waals surface area contributed by atoms with Crippen molar-refractivity contribution in [2.24, 2.45) is 0 Å². The maximum Gasteiger partial charge on any atom is 0.0642 e. The molecule has 3 aromatic rings. The number of rotatable bonds is 3. The van der Waals surface area contributed by atoms with Crippen LogP contribution in [0.4, 0.5) is 5.69 Å². The topological polar surface area (TPSA) is 12.0 Å². The van der Waals surface area contributed by atoms with Gasteiger partial charge in [-0.2, -0.15) is 0 Å². The first kappa shape index (κ1) is 12.8. The standard InChI is InChI=1S/C15H11Cl2NS/c16-10-4-3-5-11(8-10)18-9-14-15(17)12-6-1-2-7-13(12)19-14/h1-8,18H,9H2. The molecular weight excluding hydrogens is 297 g/mol. The third-order valence-corrected chi connectivity index (χ3v) is 4.83. The second-order valence-electron chi connectivity index (χ2n) is 4.20. The van der Waals surface area contributed by atoms with Crippen LogP contribution in [0.1, 0.15) is 4.88 Å². The average molecular weight is 308 g/mol. The summed E-state index contributed by atoms with van der Waals surface area (Å²) in [5.41, 5.74) is 1.00. The van der Waals surface area contributed by atoms with Gasteiger partial charge in [-0.1, -0.05) is 47.5 Å². The minimum atomic E-state index is 0.707. The second-order valence-corrected chi connectivity index (χ2v) is 6.15. The molecule has 1 aromatic heterocycles. The summed E-state index contributed by atoms with van der Waals surface area (Å²) >= 11 is 14.1. The lowest BCUT2D eigenvalue weighted by Crippen LogP contribution is -1.97. The lowest BCUT2D eigenvalue weighted by molar-refractivity contribution is 1.19. The van der Waals surface area contributed by atoms with E-state index in [9.17, 15) is 0 Å². The molecule has 0 aliphatic heterocycles. The molecule has 1 heterocycles. The van der Waals surface area contributed by atoms with Gasteiger partial charge in [0.1, 0.15) is 0 Å². The SMILES string of the molecule is Clc1cccc(NCc2sc3ccccc3c2Cl)c1. The molecule has 0 aliphatic carbocycles. The van der Waals surface area contributed by atoms with Crippen LogP contribution in [0.25, 0.3) is 10.1 Å². The van der Waals surface area contributed by atoms with Crippen LogP contribution in [-0.4, -0.2) is 0 Å². The van der Waals surface area contributed by atoms with Crippen molar-refractivity contribution in [1.29, 1.82) is 0 Å². The third-order valence-electron chi connectivity index (χ3n) is 2.88. The van der Waals surface area contributed by atoms with Gasteiger partial charge in [0.15, 0.2) is 0 Å². The molecule has 0 saturated carbocycles. The molecular formula is C15H11Cl2NS. The molecule has 3 rings (SSSR count). The predicted molar refractivity (Wildman–Crippen MR) is 85.6 cm³/mol. The molecule has 0 atom stereocenters. The Bertz CT molecular complexity index is 721. The maximum atomic E-state index is 6.40. The Morgan fingerprint density at radius 2 is 1.84 bits per heavy atom. The number of hydrogen-bond donors (Lipinski definition) is 1. The van der Waals surface area contributed by atoms with Gasteiger partial charge < -0.3 is 5.32 Å². The Kier molecular flexibility index (Phi) is 3.65. The minimum Gasteiger partial charge on any atom is -0.380 e. The quantitative estimate of drug-likeness (QED) is 0.643. The van der Waals surface area contributed by atoms with E-state index in [1.165, 1.54) is 4.70 Å². The molecule has 1 N–H and O–H groups in total. The first-order chi connectivity index (χ1) is 9.24. The van der Waals surface area contributed by atoms with Gasteiger partial charge in [-0.05, 0) is 24.3 Å². The van der Waals surface area contributed by atoms with E-state index in [0.717, 1.165) is 26.0 Å². The molecule has 2 aromatic carbocycles. The lowest BCUT2D eigenvalue weighted by atomic mass is 10.2. The number of halogens is 2. The lowest BCUT2D eigenvalue weighted by Gasteiger charge is -2.05. The Morgan fingerprint density at radius 1 is 1.00 bits per heavy atom. The summed E-state index contributed by atoms with van der Waals surface area (Å²) in [6, 6.07) is 15.9. The van der Waals surface area contributed by atoms with Crippen LogP contribution in [0.2, 0.25) is 10.0 Å². The van der Waals surface area contributed by atoms with Gasteiger partial charge in [0, 0.05) is 25.7 Å². The van der Waals surface area contributed by atoms with Crippen LogP contribution in [0.5, 0.6) is 0 Å². The summed E-state index contributed by atoms with van der Waals surface area (Å²) in [5, 5.41) is 6.04. The molecule has 0 bridgehead atoms. The minimum absolute atomic E-state index is 0.707. The molecule has 0 spiro atoms. The molecule has 96 valence electrons. The van der Waals surface area contributed by atoms with E-state index in [1.807, 2.05) is 36.4 Å². The zero-order valence-corrected chi connectivity index (χ0v) is 12.3. The summed E-state index contributed by atoms with van der Waals surface area (Å²) in [6.07, 6.45) is 0. The number of benzene rings is 2. The van der Waals surface area contributed by atoms with Gasteiger partial charge in [-0.15, -0.1) is 11.3 Å². The van der Waals surface area contributed by atoms with Crippen molar-refractivity contribution in [3.8, 4) is 0 Å². The number of anilines is 1. The van der Waals surface area contributed by atoms with Gasteiger partial charge in [0.2, 0.25) is 0 Å². The monoisotopic (exact) mass is 307 g/mol. The zero-order valence-electron chi connectivity index (χ0n) is 9.99. The molecule has 19 heavy (non-hydrogen) atoms. The largest absolute Gasteiger partial charge is 0.380 e. The van der Waals surface area contributed by atoms with E-state index in [-0.39, 0.29) is 0 Å². The summed E-state index contributed by atoms with van der Waals surface area (Å²) in [5.74, 6) is 0. The fourth-order valence-electron chi connectivity index (χ4n) is 1.96. The zero-order chi connectivity index (χ0) is 13.2. The molecule has 0 saturated heterocycles. The Labute approximate surface area is 125 Å². The highest BCUT2D eigenvalue weighted by Gasteiger charge is 2.09. The highest BCUT2D eigenvalue weighted by atomic mass is 35.5. The van der Waals surface area contributed by atoms with Crippen LogP contribution in [0.3, 0.4) is 0 Å². The molecule has 0 fully saturated rings. The molecule has 1 nitrogen and oxygen atoms in total. The van der Waals surface area contributed by atoms with Crippen LogP contribution < -0.4 is 5.32 Å². The van der Waals surface area contributed by atoms with Gasteiger partial charge in [-0.3, -0.25) is 0 Å². The van der Waals surface area contributed by atoms with Crippen molar-refractivity contribution in [3.63, 3.8) is 0 Å². The Morgan fingerprint density at radius 3 is 2.63 bits per heavy atom. The van der Waals surface area contributed by atoms with Gasteiger partial charge in [0.05, 0.1) is 11.6 Å². The first-order valence-electron chi connectivity index (χ1n) is 5.89. The average Bonchev–Trinajstić information content (AvgIpc) is 2.74. The van der Waals surface area contributed by atoms with Crippen LogP contribution in [-0.2, 0) is 6.54 Å². The maximum absolute atomic E-state index is 6.40. The van der Waals surface area contributed by atoms with Crippen molar-refractivity contribution in [1.82, 2.24) is 0 Å². The normalized spacial score (nSPS) is 10.8. The fourth-order valence-corrected chi connectivity index (χ4v) is 3.59. The second kappa shape index (κ2) is 5.41. The van der Waals surface area contributed by atoms with E-state index < -0.39 is 0 Å². The van der Waals surface area contributed by atoms with Crippen molar-refractivity contribution in [2.75, 3.05) is 5.32 Å². The fraction of sp³-hybridized carbons (Fsp3) is 0.0667. The summed E-state index contributed by atoms with van der Waals surface area (Å²) < 4.78 is 1.22. The summed E-state index contributed by atoms with van der Waals surface area (Å²) in [7, 11) is 0. The van der Waals surface area contributed by atoms with E-state index in [0.29, 0.717) is 6.54 Å². The van der Waals surface area contributed by atoms with Gasteiger partial charge >= 0.3 is 0 Å². The van der Waals surface area contributed by atoms with Crippen LogP contribution >= 0.6 is 34.5 Å². The number of fused-ring (bicyclic) bond motifs is 1. The van der Waals surface area contributed by atoms with E-state index in [2.05, 4.69) is 17.4 Å². The Balaban J connectivity index is 1.84. The van der Waals surface area contributed by atoms with Crippen LogP contribution in [0, 0.1) is 0 Å². The molecule has 4 heteroatoms. The summed E-state index contributed by atoms with van der Waals surface area (Å²) in [6.45, 7) is 0.707. The molecule has 0 unspecified atom stereocenters.